The number of nitrogens with zero attached hydrogens (tertiary/aromatic N) is 1. The molecular formula is C12H14Cl2N2O5. The van der Waals surface area contributed by atoms with Gasteiger partial charge in [-0.3, -0.25) is 9.59 Å². The number of amides is 1. The monoisotopic (exact) mass is 336 g/mol. The van der Waals surface area contributed by atoms with Gasteiger partial charge in [-0.2, -0.15) is 0 Å². The molecule has 0 aliphatic heterocycles. The molecule has 0 saturated heterocycles. The van der Waals surface area contributed by atoms with Crippen molar-refractivity contribution in [3.8, 4) is 0 Å². The number of halogens is 2. The summed E-state index contributed by atoms with van der Waals surface area (Å²) in [5.74, 6) is -2.46. The largest absolute Gasteiger partial charge is 0.480 e. The Balaban J connectivity index is 2.79. The minimum absolute atomic E-state index is 0.0837. The molecule has 0 aromatic carbocycles. The van der Waals surface area contributed by atoms with Crippen LogP contribution in [0.3, 0.4) is 0 Å². The molecule has 116 valence electrons. The summed E-state index contributed by atoms with van der Waals surface area (Å²) in [6.45, 7) is 0. The lowest BCUT2D eigenvalue weighted by Gasteiger charge is -2.14. The van der Waals surface area contributed by atoms with Crippen LogP contribution in [-0.4, -0.2) is 40.7 Å². The van der Waals surface area contributed by atoms with Crippen molar-refractivity contribution in [1.82, 2.24) is 9.88 Å². The number of nitrogens with one attached hydrogen (secondary N) is 1. The van der Waals surface area contributed by atoms with E-state index in [1.165, 1.54) is 24.8 Å². The van der Waals surface area contributed by atoms with Gasteiger partial charge in [0, 0.05) is 13.5 Å². The Morgan fingerprint density at radius 2 is 2.05 bits per heavy atom. The fourth-order valence-corrected chi connectivity index (χ4v) is 1.99. The highest BCUT2D eigenvalue weighted by atomic mass is 35.5. The number of carbonyl (C=O) groups excluding carboxylic acids is 2. The lowest BCUT2D eigenvalue weighted by atomic mass is 10.1. The molecule has 0 unspecified atom stereocenters. The van der Waals surface area contributed by atoms with E-state index in [1.807, 2.05) is 0 Å². The van der Waals surface area contributed by atoms with Crippen LogP contribution in [0.5, 0.6) is 0 Å². The van der Waals surface area contributed by atoms with Crippen LogP contribution in [0.4, 0.5) is 0 Å². The second-order valence-electron chi connectivity index (χ2n) is 4.21. The zero-order valence-electron chi connectivity index (χ0n) is 11.4. The van der Waals surface area contributed by atoms with Gasteiger partial charge in [-0.05, 0) is 12.5 Å². The Morgan fingerprint density at radius 3 is 2.48 bits per heavy atom. The molecule has 0 aliphatic carbocycles. The van der Waals surface area contributed by atoms with Crippen molar-refractivity contribution in [3.05, 3.63) is 21.9 Å². The Morgan fingerprint density at radius 1 is 1.43 bits per heavy atom. The molecule has 1 heterocycles. The number of carboxylic acid groups (broad SMARTS) is 1. The molecule has 1 rings (SSSR count). The summed E-state index contributed by atoms with van der Waals surface area (Å²) in [7, 11) is 2.72. The molecule has 0 saturated carbocycles. The number of rotatable bonds is 6. The molecule has 0 radical (unpaired) electrons. The first-order valence-corrected chi connectivity index (χ1v) is 6.64. The quantitative estimate of drug-likeness (QED) is 0.766. The van der Waals surface area contributed by atoms with E-state index >= 15 is 0 Å². The lowest BCUT2D eigenvalue weighted by molar-refractivity contribution is -0.142. The minimum Gasteiger partial charge on any atom is -0.480 e. The van der Waals surface area contributed by atoms with Crippen LogP contribution in [0, 0.1) is 0 Å². The third-order valence-electron chi connectivity index (χ3n) is 2.82. The van der Waals surface area contributed by atoms with Crippen LogP contribution >= 0.6 is 23.2 Å². The first kappa shape index (κ1) is 17.3. The summed E-state index contributed by atoms with van der Waals surface area (Å²) in [5, 5.41) is 11.7. The standard InChI is InChI=1S/C12H14Cl2N2O5/c1-16-8(5-6(13)10(16)14)11(18)15-7(12(19)20)3-4-9(17)21-2/h5,7H,3-4H2,1-2H3,(H,15,18)(H,19,20)/t7-/m0/s1. The molecule has 21 heavy (non-hydrogen) atoms. The second kappa shape index (κ2) is 7.33. The zero-order valence-corrected chi connectivity index (χ0v) is 12.9. The topological polar surface area (TPSA) is 97.6 Å². The fourth-order valence-electron chi connectivity index (χ4n) is 1.61. The third-order valence-corrected chi connectivity index (χ3v) is 3.66. The molecule has 0 bridgehead atoms. The number of hydrogen-bond donors (Lipinski definition) is 2. The van der Waals surface area contributed by atoms with Crippen molar-refractivity contribution < 1.29 is 24.2 Å². The molecule has 9 heteroatoms. The van der Waals surface area contributed by atoms with E-state index in [1.54, 1.807) is 0 Å². The van der Waals surface area contributed by atoms with Crippen molar-refractivity contribution in [3.63, 3.8) is 0 Å². The SMILES string of the molecule is COC(=O)CC[C@H](NC(=O)c1cc(Cl)c(Cl)n1C)C(=O)O. The average molecular weight is 337 g/mol. The fraction of sp³-hybridized carbons (Fsp3) is 0.417. The molecular weight excluding hydrogens is 323 g/mol. The summed E-state index contributed by atoms with van der Waals surface area (Å²) in [4.78, 5) is 34.2. The van der Waals surface area contributed by atoms with E-state index < -0.39 is 23.9 Å². The summed E-state index contributed by atoms with van der Waals surface area (Å²) >= 11 is 11.6. The van der Waals surface area contributed by atoms with Gasteiger partial charge >= 0.3 is 11.9 Å². The van der Waals surface area contributed by atoms with Crippen molar-refractivity contribution >= 4 is 41.0 Å². The van der Waals surface area contributed by atoms with Crippen molar-refractivity contribution in [1.29, 1.82) is 0 Å². The first-order valence-electron chi connectivity index (χ1n) is 5.89. The minimum atomic E-state index is -1.25. The van der Waals surface area contributed by atoms with Crippen LogP contribution in [0.2, 0.25) is 10.2 Å². The van der Waals surface area contributed by atoms with Crippen molar-refractivity contribution in [2.75, 3.05) is 7.11 Å². The summed E-state index contributed by atoms with van der Waals surface area (Å²) in [5.41, 5.74) is 0.120. The zero-order chi connectivity index (χ0) is 16.2. The number of carboxylic acids is 1. The highest BCUT2D eigenvalue weighted by molar-refractivity contribution is 6.41. The normalized spacial score (nSPS) is 11.8. The van der Waals surface area contributed by atoms with Crippen LogP contribution < -0.4 is 5.32 Å². The Labute approximate surface area is 130 Å². The van der Waals surface area contributed by atoms with Crippen LogP contribution in [0.15, 0.2) is 6.07 Å². The number of methoxy groups -OCH3 is 1. The van der Waals surface area contributed by atoms with Gasteiger partial charge in [0.1, 0.15) is 16.9 Å². The van der Waals surface area contributed by atoms with Crippen molar-refractivity contribution in [2.24, 2.45) is 7.05 Å². The van der Waals surface area contributed by atoms with Gasteiger partial charge in [0.25, 0.3) is 5.91 Å². The van der Waals surface area contributed by atoms with Gasteiger partial charge in [0.05, 0.1) is 12.1 Å². The van der Waals surface area contributed by atoms with Crippen LogP contribution in [0.1, 0.15) is 23.3 Å². The number of aliphatic carboxylic acids is 1. The molecule has 0 fully saturated rings. The molecule has 0 spiro atoms. The molecule has 1 atom stereocenters. The first-order chi connectivity index (χ1) is 9.77. The highest BCUT2D eigenvalue weighted by Gasteiger charge is 2.24. The number of esters is 1. The number of ether oxygens (including phenoxy) is 1. The predicted octanol–water partition coefficient (Wildman–Crippen LogP) is 1.47. The van der Waals surface area contributed by atoms with E-state index in [0.29, 0.717) is 0 Å². The van der Waals surface area contributed by atoms with Gasteiger partial charge < -0.3 is 19.7 Å². The maximum Gasteiger partial charge on any atom is 0.326 e. The summed E-state index contributed by atoms with van der Waals surface area (Å²) < 4.78 is 5.76. The van der Waals surface area contributed by atoms with Crippen LogP contribution in [-0.2, 0) is 21.4 Å². The second-order valence-corrected chi connectivity index (χ2v) is 4.97. The molecule has 1 amide bonds. The smallest absolute Gasteiger partial charge is 0.326 e. The molecule has 7 nitrogen and oxygen atoms in total. The van der Waals surface area contributed by atoms with Gasteiger partial charge in [-0.1, -0.05) is 23.2 Å². The van der Waals surface area contributed by atoms with Gasteiger partial charge in [0.15, 0.2) is 0 Å². The lowest BCUT2D eigenvalue weighted by Crippen LogP contribution is -2.41. The maximum atomic E-state index is 12.0. The third kappa shape index (κ3) is 4.37. The average Bonchev–Trinajstić information content (AvgIpc) is 2.70. The van der Waals surface area contributed by atoms with E-state index in [4.69, 9.17) is 28.3 Å². The number of hydrogen-bond acceptors (Lipinski definition) is 4. The Hall–Kier alpha value is -1.73. The van der Waals surface area contributed by atoms with E-state index in [2.05, 4.69) is 10.1 Å². The molecule has 1 aromatic rings. The number of aromatic nitrogens is 1. The summed E-state index contributed by atoms with van der Waals surface area (Å²) in [6.07, 6.45) is -0.206. The van der Waals surface area contributed by atoms with Gasteiger partial charge in [0.2, 0.25) is 0 Å². The van der Waals surface area contributed by atoms with E-state index in [-0.39, 0.29) is 28.7 Å². The molecule has 0 aliphatic rings. The van der Waals surface area contributed by atoms with Gasteiger partial charge in [-0.25, -0.2) is 4.79 Å². The Kier molecular flexibility index (Phi) is 6.04. The van der Waals surface area contributed by atoms with Crippen LogP contribution in [0.25, 0.3) is 0 Å². The maximum absolute atomic E-state index is 12.0. The molecule has 1 aromatic heterocycles. The van der Waals surface area contributed by atoms with Gasteiger partial charge in [-0.15, -0.1) is 0 Å². The molecule has 2 N–H and O–H groups in total. The summed E-state index contributed by atoms with van der Waals surface area (Å²) in [6, 6.07) is 0.113. The van der Waals surface area contributed by atoms with Crippen molar-refractivity contribution in [2.45, 2.75) is 18.9 Å². The van der Waals surface area contributed by atoms with E-state index in [0.717, 1.165) is 0 Å². The predicted molar refractivity (Wildman–Crippen MR) is 75.6 cm³/mol. The highest BCUT2D eigenvalue weighted by Crippen LogP contribution is 2.25. The number of carbonyl (C=O) groups is 3. The Bertz CT molecular complexity index is 570. The van der Waals surface area contributed by atoms with E-state index in [9.17, 15) is 14.4 Å².